The van der Waals surface area contributed by atoms with E-state index in [1.807, 2.05) is 17.9 Å². The Bertz CT molecular complexity index is 871. The van der Waals surface area contributed by atoms with Crippen molar-refractivity contribution < 1.29 is 24.1 Å². The van der Waals surface area contributed by atoms with Crippen LogP contribution in [0.3, 0.4) is 0 Å². The lowest BCUT2D eigenvalue weighted by Gasteiger charge is -2.50. The highest BCUT2D eigenvalue weighted by molar-refractivity contribution is 5.81. The van der Waals surface area contributed by atoms with Gasteiger partial charge in [-0.1, -0.05) is 12.1 Å². The standard InChI is InChI=1S/C28H43FN3O4/c1-19-21(8-5-10-25(19)29)27-23(22-9-6-11-30-26(22)18-34)15-31(13-14-36-2)16-24(27)28(35)32-12-4-3-7-20(32)17-33/h5,8,10,20,22-24,26-27,33-34H,3-4,6-7,9,11-18H2,1-2H3/t20-,22+,23?,24+,26-,27?/m1/s1. The normalized spacial score (nSPS) is 32.0. The quantitative estimate of drug-likeness (QED) is 0.567. The maximum atomic E-state index is 14.9. The minimum Gasteiger partial charge on any atom is -0.395 e. The van der Waals surface area contributed by atoms with Crippen molar-refractivity contribution in [3.8, 4) is 0 Å². The Morgan fingerprint density at radius 3 is 2.72 bits per heavy atom. The van der Waals surface area contributed by atoms with Gasteiger partial charge in [-0.05, 0) is 68.1 Å². The van der Waals surface area contributed by atoms with Crippen molar-refractivity contribution in [2.24, 2.45) is 17.8 Å². The molecule has 1 aromatic carbocycles. The lowest BCUT2D eigenvalue weighted by Crippen LogP contribution is -2.58. The molecule has 4 rings (SSSR count). The monoisotopic (exact) mass is 504 g/mol. The highest BCUT2D eigenvalue weighted by atomic mass is 19.1. The van der Waals surface area contributed by atoms with Gasteiger partial charge < -0.3 is 19.8 Å². The van der Waals surface area contributed by atoms with Gasteiger partial charge in [-0.15, -0.1) is 0 Å². The van der Waals surface area contributed by atoms with Crippen molar-refractivity contribution >= 4 is 5.91 Å². The van der Waals surface area contributed by atoms with Crippen LogP contribution in [0.4, 0.5) is 4.39 Å². The fourth-order valence-electron chi connectivity index (χ4n) is 6.94. The van der Waals surface area contributed by atoms with E-state index in [9.17, 15) is 19.4 Å². The Kier molecular flexibility index (Phi) is 9.75. The number of nitrogens with zero attached hydrogens (tertiary/aromatic N) is 3. The zero-order valence-electron chi connectivity index (χ0n) is 21.8. The van der Waals surface area contributed by atoms with E-state index in [1.165, 1.54) is 6.07 Å². The van der Waals surface area contributed by atoms with Crippen molar-refractivity contribution in [2.45, 2.75) is 57.0 Å². The number of likely N-dealkylation sites (tertiary alicyclic amines) is 2. The molecule has 0 bridgehead atoms. The lowest BCUT2D eigenvalue weighted by molar-refractivity contribution is -0.145. The first-order valence-corrected chi connectivity index (χ1v) is 13.6. The number of hydrogen-bond donors (Lipinski definition) is 2. The SMILES string of the molecule is COCCN1CC([C@@H]2CCC[N][C@@H]2CO)C(c2cccc(F)c2C)[C@@H](C(=O)N2CCCC[C@@H]2CO)C1. The minimum atomic E-state index is -0.366. The topological polar surface area (TPSA) is 87.3 Å². The van der Waals surface area contributed by atoms with E-state index < -0.39 is 0 Å². The summed E-state index contributed by atoms with van der Waals surface area (Å²) in [6.07, 6.45) is 4.65. The number of hydrogen-bond acceptors (Lipinski definition) is 5. The average Bonchev–Trinajstić information content (AvgIpc) is 2.92. The molecule has 36 heavy (non-hydrogen) atoms. The molecular formula is C28H43FN3O4. The number of carbonyl (C=O) groups is 1. The maximum absolute atomic E-state index is 14.9. The predicted molar refractivity (Wildman–Crippen MR) is 136 cm³/mol. The summed E-state index contributed by atoms with van der Waals surface area (Å²) in [6, 6.07) is 4.88. The summed E-state index contributed by atoms with van der Waals surface area (Å²) >= 11 is 0. The summed E-state index contributed by atoms with van der Waals surface area (Å²) < 4.78 is 20.3. The molecule has 3 saturated heterocycles. The Labute approximate surface area is 215 Å². The number of ether oxygens (including phenoxy) is 1. The van der Waals surface area contributed by atoms with Crippen LogP contribution in [0.15, 0.2) is 18.2 Å². The van der Waals surface area contributed by atoms with Gasteiger partial charge in [0.05, 0.1) is 37.8 Å². The molecule has 3 aliphatic rings. The van der Waals surface area contributed by atoms with Crippen LogP contribution in [0.2, 0.25) is 0 Å². The van der Waals surface area contributed by atoms with Gasteiger partial charge in [0.2, 0.25) is 5.91 Å². The van der Waals surface area contributed by atoms with E-state index in [1.54, 1.807) is 13.2 Å². The third-order valence-corrected chi connectivity index (χ3v) is 8.83. The number of rotatable bonds is 8. The summed E-state index contributed by atoms with van der Waals surface area (Å²) in [6.45, 7) is 5.78. The molecule has 3 aliphatic heterocycles. The number of aliphatic hydroxyl groups excluding tert-OH is 2. The molecule has 6 atom stereocenters. The molecule has 3 heterocycles. The van der Waals surface area contributed by atoms with Gasteiger partial charge in [0, 0.05) is 45.8 Å². The van der Waals surface area contributed by atoms with Gasteiger partial charge >= 0.3 is 0 Å². The predicted octanol–water partition coefficient (Wildman–Crippen LogP) is 2.16. The molecular weight excluding hydrogens is 461 g/mol. The Balaban J connectivity index is 1.78. The van der Waals surface area contributed by atoms with Gasteiger partial charge in [0.15, 0.2) is 0 Å². The Hall–Kier alpha value is -1.58. The van der Waals surface area contributed by atoms with Crippen LogP contribution >= 0.6 is 0 Å². The van der Waals surface area contributed by atoms with E-state index in [2.05, 4.69) is 4.90 Å². The first kappa shape index (κ1) is 27.5. The zero-order chi connectivity index (χ0) is 25.7. The van der Waals surface area contributed by atoms with Gasteiger partial charge in [0.25, 0.3) is 0 Å². The number of aliphatic hydroxyl groups is 2. The smallest absolute Gasteiger partial charge is 0.227 e. The molecule has 0 aromatic heterocycles. The number of benzene rings is 1. The number of amides is 1. The van der Waals surface area contributed by atoms with Crippen molar-refractivity contribution in [3.63, 3.8) is 0 Å². The van der Waals surface area contributed by atoms with Crippen molar-refractivity contribution in [1.82, 2.24) is 15.1 Å². The largest absolute Gasteiger partial charge is 0.395 e. The van der Waals surface area contributed by atoms with Crippen LogP contribution < -0.4 is 5.32 Å². The summed E-state index contributed by atoms with van der Waals surface area (Å²) in [5.41, 5.74) is 1.49. The number of carbonyl (C=O) groups excluding carboxylic acids is 1. The highest BCUT2D eigenvalue weighted by Gasteiger charge is 2.48. The van der Waals surface area contributed by atoms with E-state index in [0.29, 0.717) is 31.8 Å². The van der Waals surface area contributed by atoms with Crippen LogP contribution in [0.25, 0.3) is 0 Å². The van der Waals surface area contributed by atoms with Gasteiger partial charge in [-0.25, -0.2) is 9.71 Å². The molecule has 2 N–H and O–H groups in total. The maximum Gasteiger partial charge on any atom is 0.227 e. The van der Waals surface area contributed by atoms with Crippen LogP contribution in [0.1, 0.15) is 49.1 Å². The first-order valence-electron chi connectivity index (χ1n) is 13.6. The minimum absolute atomic E-state index is 0.00852. The lowest BCUT2D eigenvalue weighted by atomic mass is 9.64. The van der Waals surface area contributed by atoms with Crippen molar-refractivity contribution in [2.75, 3.05) is 59.7 Å². The number of methoxy groups -OCH3 is 1. The summed E-state index contributed by atoms with van der Waals surface area (Å²) in [5, 5.41) is 25.0. The second-order valence-corrected chi connectivity index (χ2v) is 10.8. The molecule has 7 nitrogen and oxygen atoms in total. The molecule has 1 radical (unpaired) electrons. The van der Waals surface area contributed by atoms with Gasteiger partial charge in [-0.2, -0.15) is 0 Å². The number of halogens is 1. The fraction of sp³-hybridized carbons (Fsp3) is 0.750. The molecule has 201 valence electrons. The van der Waals surface area contributed by atoms with Crippen molar-refractivity contribution in [1.29, 1.82) is 0 Å². The highest BCUT2D eigenvalue weighted by Crippen LogP contribution is 2.46. The Morgan fingerprint density at radius 1 is 1.14 bits per heavy atom. The second-order valence-electron chi connectivity index (χ2n) is 10.8. The van der Waals surface area contributed by atoms with E-state index >= 15 is 0 Å². The fourth-order valence-corrected chi connectivity index (χ4v) is 6.94. The van der Waals surface area contributed by atoms with Crippen molar-refractivity contribution in [3.05, 3.63) is 35.1 Å². The van der Waals surface area contributed by atoms with Crippen LogP contribution in [-0.2, 0) is 9.53 Å². The third-order valence-electron chi connectivity index (χ3n) is 8.83. The molecule has 0 aliphatic carbocycles. The molecule has 0 saturated carbocycles. The molecule has 0 spiro atoms. The van der Waals surface area contributed by atoms with Gasteiger partial charge in [0.1, 0.15) is 5.82 Å². The van der Waals surface area contributed by atoms with Crippen LogP contribution in [0.5, 0.6) is 0 Å². The zero-order valence-corrected chi connectivity index (χ0v) is 21.8. The summed E-state index contributed by atoms with van der Waals surface area (Å²) in [5.74, 6) is -0.578. The molecule has 2 unspecified atom stereocenters. The third kappa shape index (κ3) is 5.78. The van der Waals surface area contributed by atoms with Crippen LogP contribution in [0, 0.1) is 30.5 Å². The van der Waals surface area contributed by atoms with E-state index in [4.69, 9.17) is 10.1 Å². The first-order chi connectivity index (χ1) is 17.5. The Morgan fingerprint density at radius 2 is 1.97 bits per heavy atom. The van der Waals surface area contributed by atoms with Gasteiger partial charge in [-0.3, -0.25) is 9.69 Å². The summed E-state index contributed by atoms with van der Waals surface area (Å²) in [7, 11) is 1.68. The average molecular weight is 505 g/mol. The van der Waals surface area contributed by atoms with Crippen LogP contribution in [-0.4, -0.2) is 97.7 Å². The molecule has 8 heteroatoms. The molecule has 1 amide bonds. The number of piperidine rings is 3. The van der Waals surface area contributed by atoms with E-state index in [-0.39, 0.29) is 60.7 Å². The second kappa shape index (κ2) is 12.8. The molecule has 1 aromatic rings. The molecule has 3 fully saturated rings. The van der Waals surface area contributed by atoms with E-state index in [0.717, 1.165) is 50.8 Å². The summed E-state index contributed by atoms with van der Waals surface area (Å²) in [4.78, 5) is 18.5.